The highest BCUT2D eigenvalue weighted by Gasteiger charge is 2.33. The van der Waals surface area contributed by atoms with Gasteiger partial charge in [0.1, 0.15) is 20.7 Å². The van der Waals surface area contributed by atoms with Crippen molar-refractivity contribution in [2.45, 2.75) is 58.0 Å². The van der Waals surface area contributed by atoms with Crippen LogP contribution in [0.5, 0.6) is 0 Å². The molecule has 0 radical (unpaired) electrons. The van der Waals surface area contributed by atoms with Crippen molar-refractivity contribution in [3.8, 4) is 11.5 Å². The second kappa shape index (κ2) is 9.55. The Bertz CT molecular complexity index is 669. The van der Waals surface area contributed by atoms with Crippen LogP contribution in [0.1, 0.15) is 32.8 Å². The zero-order valence-corrected chi connectivity index (χ0v) is 17.3. The number of carbonyl (C=O) groups excluding carboxylic acids is 1. The Morgan fingerprint density at radius 2 is 1.85 bits per heavy atom. The molecule has 0 aromatic heterocycles. The van der Waals surface area contributed by atoms with Gasteiger partial charge in [0.25, 0.3) is 0 Å². The van der Waals surface area contributed by atoms with Crippen molar-refractivity contribution in [3.63, 3.8) is 0 Å². The molecule has 5 nitrogen and oxygen atoms in total. The predicted octanol–water partition coefficient (Wildman–Crippen LogP) is 3.21. The van der Waals surface area contributed by atoms with Crippen molar-refractivity contribution >= 4 is 20.0 Å². The first-order valence-electron chi connectivity index (χ1n) is 8.67. The minimum absolute atomic E-state index is 0.0896. The largest absolute Gasteiger partial charge is 0.480 e. The SMILES string of the molecule is CC(C)(C)[Si](C)(C)C#CC[C@H](NC(=O)COCc1ccccc1)C(=O)O. The maximum Gasteiger partial charge on any atom is 0.327 e. The number of rotatable bonds is 7. The van der Waals surface area contributed by atoms with Gasteiger partial charge in [-0.1, -0.05) is 64.2 Å². The zero-order valence-electron chi connectivity index (χ0n) is 16.3. The number of nitrogens with one attached hydrogen (secondary N) is 1. The Labute approximate surface area is 157 Å². The number of carboxylic acid groups (broad SMARTS) is 1. The van der Waals surface area contributed by atoms with E-state index in [-0.39, 0.29) is 18.1 Å². The summed E-state index contributed by atoms with van der Waals surface area (Å²) in [5.74, 6) is 1.43. The van der Waals surface area contributed by atoms with Gasteiger partial charge in [0.2, 0.25) is 5.91 Å². The van der Waals surface area contributed by atoms with Crippen molar-refractivity contribution in [3.05, 3.63) is 35.9 Å². The normalized spacial score (nSPS) is 12.7. The summed E-state index contributed by atoms with van der Waals surface area (Å²) >= 11 is 0. The van der Waals surface area contributed by atoms with Crippen molar-refractivity contribution in [2.75, 3.05) is 6.61 Å². The topological polar surface area (TPSA) is 75.6 Å². The van der Waals surface area contributed by atoms with Crippen LogP contribution in [0.4, 0.5) is 0 Å². The van der Waals surface area contributed by atoms with Crippen LogP contribution in [0.2, 0.25) is 18.1 Å². The third kappa shape index (κ3) is 7.42. The number of amides is 1. The lowest BCUT2D eigenvalue weighted by Crippen LogP contribution is -2.42. The molecule has 0 fully saturated rings. The molecule has 0 aliphatic heterocycles. The Morgan fingerprint density at radius 3 is 2.38 bits per heavy atom. The van der Waals surface area contributed by atoms with E-state index in [4.69, 9.17) is 4.74 Å². The molecule has 0 spiro atoms. The van der Waals surface area contributed by atoms with Crippen LogP contribution in [-0.4, -0.2) is 37.7 Å². The van der Waals surface area contributed by atoms with Gasteiger partial charge < -0.3 is 15.2 Å². The number of ether oxygens (including phenoxy) is 1. The molecule has 1 atom stereocenters. The number of aliphatic carboxylic acids is 1. The quantitative estimate of drug-likeness (QED) is 0.567. The maximum atomic E-state index is 11.9. The fourth-order valence-electron chi connectivity index (χ4n) is 1.83. The van der Waals surface area contributed by atoms with Crippen molar-refractivity contribution in [1.29, 1.82) is 0 Å². The third-order valence-corrected chi connectivity index (χ3v) is 9.11. The molecular weight excluding hydrogens is 346 g/mol. The molecule has 26 heavy (non-hydrogen) atoms. The Morgan fingerprint density at radius 1 is 1.23 bits per heavy atom. The summed E-state index contributed by atoms with van der Waals surface area (Å²) in [5.41, 5.74) is 4.22. The first-order valence-corrected chi connectivity index (χ1v) is 11.7. The van der Waals surface area contributed by atoms with Gasteiger partial charge in [-0.2, -0.15) is 0 Å². The summed E-state index contributed by atoms with van der Waals surface area (Å²) in [7, 11) is -1.80. The molecule has 6 heteroatoms. The highest BCUT2D eigenvalue weighted by atomic mass is 28.3. The van der Waals surface area contributed by atoms with E-state index in [1.165, 1.54) is 0 Å². The fraction of sp³-hybridized carbons (Fsp3) is 0.500. The maximum absolute atomic E-state index is 11.9. The average Bonchev–Trinajstić information content (AvgIpc) is 2.53. The zero-order chi connectivity index (χ0) is 19.8. The van der Waals surface area contributed by atoms with E-state index in [9.17, 15) is 14.7 Å². The molecule has 1 rings (SSSR count). The average molecular weight is 376 g/mol. The van der Waals surface area contributed by atoms with Crippen LogP contribution in [0.25, 0.3) is 0 Å². The highest BCUT2D eigenvalue weighted by Crippen LogP contribution is 2.35. The molecule has 1 aromatic carbocycles. The van der Waals surface area contributed by atoms with E-state index in [0.29, 0.717) is 6.61 Å². The van der Waals surface area contributed by atoms with E-state index in [2.05, 4.69) is 50.6 Å². The van der Waals surface area contributed by atoms with Gasteiger partial charge in [0, 0.05) is 6.42 Å². The van der Waals surface area contributed by atoms with Gasteiger partial charge >= 0.3 is 5.97 Å². The van der Waals surface area contributed by atoms with Crippen molar-refractivity contribution in [2.24, 2.45) is 0 Å². The highest BCUT2D eigenvalue weighted by molar-refractivity contribution is 6.87. The predicted molar refractivity (Wildman–Crippen MR) is 105 cm³/mol. The lowest BCUT2D eigenvalue weighted by atomic mass is 10.2. The first-order chi connectivity index (χ1) is 12.0. The molecule has 0 heterocycles. The number of hydrogen-bond acceptors (Lipinski definition) is 3. The number of carbonyl (C=O) groups is 2. The Hall–Kier alpha value is -2.10. The van der Waals surface area contributed by atoms with Crippen LogP contribution < -0.4 is 5.32 Å². The molecule has 2 N–H and O–H groups in total. The lowest BCUT2D eigenvalue weighted by Gasteiger charge is -2.31. The summed E-state index contributed by atoms with van der Waals surface area (Å²) in [5, 5.41) is 11.9. The second-order valence-electron chi connectivity index (χ2n) is 7.82. The molecule has 1 aromatic rings. The van der Waals surface area contributed by atoms with E-state index in [1.54, 1.807) is 0 Å². The standard InChI is InChI=1S/C20H29NO4Si/c1-20(2,3)26(4,5)13-9-12-17(19(23)24)21-18(22)15-25-14-16-10-7-6-8-11-16/h6-8,10-11,17H,12,14-15H2,1-5H3,(H,21,22)(H,23,24)/t17-/m0/s1. The van der Waals surface area contributed by atoms with Gasteiger partial charge in [0.15, 0.2) is 0 Å². The molecule has 0 saturated heterocycles. The van der Waals surface area contributed by atoms with Crippen molar-refractivity contribution in [1.82, 2.24) is 5.32 Å². The van der Waals surface area contributed by atoms with Gasteiger partial charge in [-0.25, -0.2) is 4.79 Å². The second-order valence-corrected chi connectivity index (χ2v) is 12.8. The summed E-state index contributed by atoms with van der Waals surface area (Å²) in [6.45, 7) is 10.9. The van der Waals surface area contributed by atoms with E-state index >= 15 is 0 Å². The Balaban J connectivity index is 2.52. The minimum atomic E-state index is -1.80. The third-order valence-electron chi connectivity index (χ3n) is 4.56. The van der Waals surface area contributed by atoms with Crippen LogP contribution >= 0.6 is 0 Å². The molecule has 142 valence electrons. The first kappa shape index (κ1) is 21.9. The lowest BCUT2D eigenvalue weighted by molar-refractivity contribution is -0.142. The number of hydrogen-bond donors (Lipinski definition) is 2. The Kier molecular flexibility index (Phi) is 8.06. The summed E-state index contributed by atoms with van der Waals surface area (Å²) in [4.78, 5) is 23.3. The summed E-state index contributed by atoms with van der Waals surface area (Å²) < 4.78 is 5.33. The van der Waals surface area contributed by atoms with Crippen LogP contribution in [0.15, 0.2) is 30.3 Å². The summed E-state index contributed by atoms with van der Waals surface area (Å²) in [6, 6.07) is 8.45. The van der Waals surface area contributed by atoms with Crippen LogP contribution in [0, 0.1) is 11.5 Å². The number of carboxylic acids is 1. The monoisotopic (exact) mass is 375 g/mol. The van der Waals surface area contributed by atoms with Gasteiger partial charge in [-0.05, 0) is 10.6 Å². The summed E-state index contributed by atoms with van der Waals surface area (Å²) in [6.07, 6.45) is 0.0896. The molecular formula is C20H29NO4Si. The van der Waals surface area contributed by atoms with E-state index < -0.39 is 26.0 Å². The molecule has 0 unspecified atom stereocenters. The minimum Gasteiger partial charge on any atom is -0.480 e. The molecule has 0 bridgehead atoms. The fourth-order valence-corrected chi connectivity index (χ4v) is 2.75. The smallest absolute Gasteiger partial charge is 0.327 e. The van der Waals surface area contributed by atoms with E-state index in [1.807, 2.05) is 30.3 Å². The van der Waals surface area contributed by atoms with Gasteiger partial charge in [-0.3, -0.25) is 4.79 Å². The molecule has 0 aliphatic carbocycles. The number of benzene rings is 1. The molecule has 1 amide bonds. The molecule has 0 saturated carbocycles. The van der Waals surface area contributed by atoms with Crippen LogP contribution in [-0.2, 0) is 20.9 Å². The molecule has 0 aliphatic rings. The van der Waals surface area contributed by atoms with Crippen LogP contribution in [0.3, 0.4) is 0 Å². The van der Waals surface area contributed by atoms with E-state index in [0.717, 1.165) is 5.56 Å². The van der Waals surface area contributed by atoms with Gasteiger partial charge in [0.05, 0.1) is 6.61 Å². The van der Waals surface area contributed by atoms with Crippen molar-refractivity contribution < 1.29 is 19.4 Å². The van der Waals surface area contributed by atoms with Gasteiger partial charge in [-0.15, -0.1) is 11.5 Å².